The minimum absolute atomic E-state index is 0.286. The van der Waals surface area contributed by atoms with Crippen molar-refractivity contribution in [2.45, 2.75) is 13.1 Å². The number of nitrogens with two attached hydrogens (primary N) is 1. The number of rotatable bonds is 5. The van der Waals surface area contributed by atoms with E-state index >= 15 is 0 Å². The van der Waals surface area contributed by atoms with Crippen LogP contribution in [0.1, 0.15) is 25.7 Å². The first kappa shape index (κ1) is 19.8. The number of alkyl halides is 3. The Morgan fingerprint density at radius 3 is 2.65 bits per heavy atom. The maximum Gasteiger partial charge on any atom is 0.417 e. The van der Waals surface area contributed by atoms with E-state index in [1.54, 1.807) is 19.2 Å². The third-order valence-electron chi connectivity index (χ3n) is 5.59. The number of morpholine rings is 1. The Balaban J connectivity index is 1.97. The molecule has 0 atom stereocenters. The number of aryl methyl sites for hydroxylation is 1. The molecule has 0 spiro atoms. The molecule has 0 unspecified atom stereocenters. The third-order valence-corrected chi connectivity index (χ3v) is 5.59. The summed E-state index contributed by atoms with van der Waals surface area (Å²) in [5.41, 5.74) is 4.79. The van der Waals surface area contributed by atoms with Crippen LogP contribution in [0.5, 0.6) is 5.88 Å². The molecule has 1 aliphatic rings. The number of hydrogen-bond donors (Lipinski definition) is 1. The largest absolute Gasteiger partial charge is 0.481 e. The average Bonchev–Trinajstić information content (AvgIpc) is 2.83. The second kappa shape index (κ2) is 9.30. The molecule has 0 saturated carbocycles. The fourth-order valence-electron chi connectivity index (χ4n) is 3.99. The first-order valence-electron chi connectivity index (χ1n) is 11.8. The van der Waals surface area contributed by atoms with Gasteiger partial charge in [0.1, 0.15) is 0 Å². The van der Waals surface area contributed by atoms with E-state index in [1.807, 2.05) is 0 Å². The zero-order chi connectivity index (χ0) is 27.0. The lowest BCUT2D eigenvalue weighted by Gasteiger charge is -2.28. The highest BCUT2D eigenvalue weighted by Gasteiger charge is 2.36. The van der Waals surface area contributed by atoms with Crippen molar-refractivity contribution in [3.05, 3.63) is 59.5 Å². The molecule has 7 nitrogen and oxygen atoms in total. The molecule has 34 heavy (non-hydrogen) atoms. The number of carbonyl (C=O) groups excluding carboxylic acids is 1. The zero-order valence-electron chi connectivity index (χ0n) is 21.1. The maximum absolute atomic E-state index is 14.1. The van der Waals surface area contributed by atoms with Crippen LogP contribution < -0.4 is 15.4 Å². The molecule has 0 radical (unpaired) electrons. The minimum Gasteiger partial charge on any atom is -0.481 e. The summed E-state index contributed by atoms with van der Waals surface area (Å²) in [6, 6.07) is 6.09. The zero-order valence-corrected chi connectivity index (χ0v) is 18.1. The summed E-state index contributed by atoms with van der Waals surface area (Å²) in [6.45, 7) is 3.93. The number of anilines is 1. The highest BCUT2D eigenvalue weighted by Crippen LogP contribution is 2.43. The standard InChI is InChI=1S/C24H23F3N4O3/c1-14-18(15-10-16(13-29-12-15)31-6-8-34-9-7-31)11-19(23(30-14)33-2)21-17(22(28)32)4-3-5-20(21)24(25,26)27/h3-5,10-13H,6-9H2,1-2H3,(H2,28,32)/i2D3. The van der Waals surface area contributed by atoms with Gasteiger partial charge in [0.2, 0.25) is 11.8 Å². The lowest BCUT2D eigenvalue weighted by molar-refractivity contribution is -0.137. The van der Waals surface area contributed by atoms with E-state index in [2.05, 4.69) is 14.9 Å². The number of hydrogen-bond acceptors (Lipinski definition) is 6. The van der Waals surface area contributed by atoms with E-state index in [0.29, 0.717) is 37.4 Å². The molecule has 3 aromatic rings. The van der Waals surface area contributed by atoms with E-state index in [-0.39, 0.29) is 11.3 Å². The normalized spacial score (nSPS) is 15.9. The van der Waals surface area contributed by atoms with Crippen molar-refractivity contribution < 1.29 is 31.6 Å². The Bertz CT molecular complexity index is 1330. The Labute approximate surface area is 198 Å². The summed E-state index contributed by atoms with van der Waals surface area (Å²) in [7, 11) is -3.02. The number of ether oxygens (including phenoxy) is 2. The molecular weight excluding hydrogens is 449 g/mol. The maximum atomic E-state index is 14.1. The summed E-state index contributed by atoms with van der Waals surface area (Å²) >= 11 is 0. The van der Waals surface area contributed by atoms with Gasteiger partial charge in [-0.3, -0.25) is 9.78 Å². The molecule has 1 fully saturated rings. The molecule has 1 amide bonds. The highest BCUT2D eigenvalue weighted by molar-refractivity contribution is 6.02. The number of methoxy groups -OCH3 is 1. The van der Waals surface area contributed by atoms with Crippen LogP contribution in [0, 0.1) is 6.92 Å². The molecule has 0 bridgehead atoms. The number of carbonyl (C=O) groups is 1. The van der Waals surface area contributed by atoms with Crippen LogP contribution in [0.4, 0.5) is 18.9 Å². The van der Waals surface area contributed by atoms with Crippen molar-refractivity contribution in [2.75, 3.05) is 38.2 Å². The molecule has 1 aliphatic heterocycles. The fraction of sp³-hybridized carbons (Fsp3) is 0.292. The van der Waals surface area contributed by atoms with Gasteiger partial charge in [0.25, 0.3) is 0 Å². The summed E-state index contributed by atoms with van der Waals surface area (Å²) in [5, 5.41) is 0. The predicted molar refractivity (Wildman–Crippen MR) is 121 cm³/mol. The van der Waals surface area contributed by atoms with Crippen LogP contribution in [-0.2, 0) is 10.9 Å². The molecule has 2 N–H and O–H groups in total. The van der Waals surface area contributed by atoms with Gasteiger partial charge >= 0.3 is 6.18 Å². The minimum atomic E-state index is -4.89. The van der Waals surface area contributed by atoms with Crippen LogP contribution in [0.3, 0.4) is 0 Å². The summed E-state index contributed by atoms with van der Waals surface area (Å²) in [6.07, 6.45) is -1.71. The first-order chi connectivity index (χ1) is 17.3. The van der Waals surface area contributed by atoms with Crippen LogP contribution >= 0.6 is 0 Å². The number of aromatic nitrogens is 2. The van der Waals surface area contributed by atoms with Gasteiger partial charge in [0, 0.05) is 52.8 Å². The topological polar surface area (TPSA) is 90.6 Å². The summed E-state index contributed by atoms with van der Waals surface area (Å²) < 4.78 is 75.1. The van der Waals surface area contributed by atoms with E-state index in [1.165, 1.54) is 12.3 Å². The predicted octanol–water partition coefficient (Wildman–Crippen LogP) is 4.08. The van der Waals surface area contributed by atoms with Gasteiger partial charge in [-0.05, 0) is 31.2 Å². The molecule has 178 valence electrons. The molecule has 1 aromatic carbocycles. The van der Waals surface area contributed by atoms with Gasteiger partial charge < -0.3 is 20.1 Å². The number of pyridine rings is 2. The smallest absolute Gasteiger partial charge is 0.417 e. The number of primary amides is 1. The molecular formula is C24H23F3N4O3. The summed E-state index contributed by atoms with van der Waals surface area (Å²) in [5.74, 6) is -1.71. The number of halogens is 3. The lowest BCUT2D eigenvalue weighted by Crippen LogP contribution is -2.36. The average molecular weight is 475 g/mol. The Hall–Kier alpha value is -3.66. The van der Waals surface area contributed by atoms with Gasteiger partial charge in [-0.25, -0.2) is 4.98 Å². The van der Waals surface area contributed by atoms with Crippen molar-refractivity contribution in [3.8, 4) is 28.1 Å². The van der Waals surface area contributed by atoms with Gasteiger partial charge in [-0.1, -0.05) is 6.07 Å². The Morgan fingerprint density at radius 1 is 1.21 bits per heavy atom. The van der Waals surface area contributed by atoms with Gasteiger partial charge in [-0.15, -0.1) is 0 Å². The highest BCUT2D eigenvalue weighted by atomic mass is 19.4. The monoisotopic (exact) mass is 475 g/mol. The third kappa shape index (κ3) is 4.54. The van der Waals surface area contributed by atoms with Crippen LogP contribution in [0.25, 0.3) is 22.3 Å². The fourth-order valence-corrected chi connectivity index (χ4v) is 3.99. The van der Waals surface area contributed by atoms with Crippen molar-refractivity contribution in [1.82, 2.24) is 9.97 Å². The molecule has 4 rings (SSSR count). The van der Waals surface area contributed by atoms with E-state index in [0.717, 1.165) is 23.9 Å². The molecule has 2 aromatic heterocycles. The number of benzene rings is 1. The van der Waals surface area contributed by atoms with E-state index in [9.17, 15) is 18.0 Å². The second-order valence-electron chi connectivity index (χ2n) is 7.70. The molecule has 3 heterocycles. The first-order valence-corrected chi connectivity index (χ1v) is 10.3. The van der Waals surface area contributed by atoms with E-state index in [4.69, 9.17) is 19.3 Å². The van der Waals surface area contributed by atoms with Crippen LogP contribution in [0.15, 0.2) is 42.7 Å². The molecule has 10 heteroatoms. The summed E-state index contributed by atoms with van der Waals surface area (Å²) in [4.78, 5) is 22.7. The van der Waals surface area contributed by atoms with Crippen molar-refractivity contribution in [3.63, 3.8) is 0 Å². The van der Waals surface area contributed by atoms with Crippen molar-refractivity contribution in [1.29, 1.82) is 0 Å². The van der Waals surface area contributed by atoms with Crippen molar-refractivity contribution in [2.24, 2.45) is 5.73 Å². The van der Waals surface area contributed by atoms with Crippen molar-refractivity contribution >= 4 is 11.6 Å². The van der Waals surface area contributed by atoms with Gasteiger partial charge in [0.15, 0.2) is 0 Å². The van der Waals surface area contributed by atoms with Crippen LogP contribution in [-0.4, -0.2) is 49.2 Å². The number of amides is 1. The van der Waals surface area contributed by atoms with Gasteiger partial charge in [-0.2, -0.15) is 13.2 Å². The quantitative estimate of drug-likeness (QED) is 0.598. The van der Waals surface area contributed by atoms with Crippen LogP contribution in [0.2, 0.25) is 0 Å². The molecule has 1 saturated heterocycles. The van der Waals surface area contributed by atoms with Gasteiger partial charge in [0.05, 0.1) is 41.8 Å². The molecule has 0 aliphatic carbocycles. The Kier molecular flexibility index (Phi) is 5.41. The lowest BCUT2D eigenvalue weighted by atomic mass is 9.91. The second-order valence-corrected chi connectivity index (χ2v) is 7.70. The Morgan fingerprint density at radius 2 is 1.97 bits per heavy atom. The number of nitrogens with zero attached hydrogens (tertiary/aromatic N) is 3. The SMILES string of the molecule is [2H]C([2H])([2H])Oc1nc(C)c(-c2cncc(N3CCOCC3)c2)cc1-c1c(C(N)=O)cccc1C(F)(F)F. The van der Waals surface area contributed by atoms with E-state index < -0.39 is 41.7 Å².